The van der Waals surface area contributed by atoms with Gasteiger partial charge in [0.05, 0.1) is 30.9 Å². The summed E-state index contributed by atoms with van der Waals surface area (Å²) in [4.78, 5) is 0. The largest absolute Gasteiger partial charge is 0.496 e. The number of H-pyrrole nitrogens is 1. The molecule has 164 valence electrons. The maximum absolute atomic E-state index is 10.1. The van der Waals surface area contributed by atoms with E-state index in [0.717, 1.165) is 38.9 Å². The minimum atomic E-state index is -0.528. The van der Waals surface area contributed by atoms with Gasteiger partial charge >= 0.3 is 0 Å². The first-order chi connectivity index (χ1) is 16.2. The summed E-state index contributed by atoms with van der Waals surface area (Å²) in [5.74, 6) is 1.29. The molecule has 3 N–H and O–H groups in total. The van der Waals surface area contributed by atoms with Gasteiger partial charge in [0.1, 0.15) is 23.1 Å². The van der Waals surface area contributed by atoms with E-state index in [1.54, 1.807) is 7.11 Å². The van der Waals surface area contributed by atoms with Crippen molar-refractivity contribution in [3.63, 3.8) is 0 Å². The van der Waals surface area contributed by atoms with E-state index in [0.29, 0.717) is 23.8 Å². The number of rotatable bonds is 5. The van der Waals surface area contributed by atoms with Crippen LogP contribution in [0.4, 0.5) is 0 Å². The topological polar surface area (TPSA) is 106 Å². The van der Waals surface area contributed by atoms with Crippen molar-refractivity contribution in [2.45, 2.75) is 12.8 Å². The van der Waals surface area contributed by atoms with Crippen LogP contribution in [0.15, 0.2) is 72.1 Å². The quantitative estimate of drug-likeness (QED) is 0.461. The Morgan fingerprint density at radius 2 is 1.88 bits per heavy atom. The average Bonchev–Trinajstić information content (AvgIpc) is 3.26. The lowest BCUT2D eigenvalue weighted by atomic mass is 9.80. The number of fused-ring (bicyclic) bond motifs is 2. The van der Waals surface area contributed by atoms with Crippen molar-refractivity contribution in [3.8, 4) is 34.7 Å². The van der Waals surface area contributed by atoms with Crippen molar-refractivity contribution in [1.82, 2.24) is 10.2 Å². The third kappa shape index (κ3) is 3.33. The molecule has 4 aromatic rings. The van der Waals surface area contributed by atoms with E-state index >= 15 is 0 Å². The third-order valence-electron chi connectivity index (χ3n) is 5.83. The molecule has 0 bridgehead atoms. The van der Waals surface area contributed by atoms with Crippen LogP contribution in [0.3, 0.4) is 0 Å². The molecule has 1 unspecified atom stereocenters. The summed E-state index contributed by atoms with van der Waals surface area (Å²) in [5, 5.41) is 19.6. The van der Waals surface area contributed by atoms with Gasteiger partial charge in [-0.1, -0.05) is 30.3 Å². The first-order valence-electron chi connectivity index (χ1n) is 10.6. The maximum atomic E-state index is 10.1. The molecule has 1 aliphatic heterocycles. The second kappa shape index (κ2) is 8.24. The third-order valence-corrected chi connectivity index (χ3v) is 5.83. The number of nitriles is 1. The van der Waals surface area contributed by atoms with Crippen molar-refractivity contribution in [2.24, 2.45) is 5.73 Å². The Labute approximate surface area is 191 Å². The number of nitrogens with one attached hydrogen (secondary N) is 1. The summed E-state index contributed by atoms with van der Waals surface area (Å²) >= 11 is 0. The van der Waals surface area contributed by atoms with E-state index in [-0.39, 0.29) is 5.88 Å². The Morgan fingerprint density at radius 3 is 2.61 bits per heavy atom. The number of ether oxygens (including phenoxy) is 3. The number of methoxy groups -OCH3 is 1. The van der Waals surface area contributed by atoms with Gasteiger partial charge in [-0.15, -0.1) is 5.10 Å². The monoisotopic (exact) mass is 438 g/mol. The van der Waals surface area contributed by atoms with Gasteiger partial charge in [0, 0.05) is 11.1 Å². The molecule has 7 heteroatoms. The molecule has 33 heavy (non-hydrogen) atoms. The fourth-order valence-electron chi connectivity index (χ4n) is 4.39. The lowest BCUT2D eigenvalue weighted by Crippen LogP contribution is -2.21. The van der Waals surface area contributed by atoms with Crippen LogP contribution in [0.2, 0.25) is 0 Å². The zero-order valence-corrected chi connectivity index (χ0v) is 18.3. The summed E-state index contributed by atoms with van der Waals surface area (Å²) in [6, 6.07) is 21.9. The minimum Gasteiger partial charge on any atom is -0.496 e. The minimum absolute atomic E-state index is 0.0368. The number of benzene rings is 3. The highest BCUT2D eigenvalue weighted by molar-refractivity contribution is 5.90. The number of hydrogen-bond acceptors (Lipinski definition) is 6. The Kier molecular flexibility index (Phi) is 5.11. The van der Waals surface area contributed by atoms with E-state index in [1.165, 1.54) is 0 Å². The van der Waals surface area contributed by atoms with Crippen LogP contribution < -0.4 is 19.9 Å². The molecule has 1 aliphatic rings. The van der Waals surface area contributed by atoms with E-state index in [1.807, 2.05) is 67.6 Å². The van der Waals surface area contributed by atoms with Gasteiger partial charge in [0.25, 0.3) is 0 Å². The normalized spacial score (nSPS) is 15.0. The molecule has 0 aliphatic carbocycles. The summed E-state index contributed by atoms with van der Waals surface area (Å²) in [5.41, 5.74) is 9.71. The maximum Gasteiger partial charge on any atom is 0.244 e. The molecule has 2 heterocycles. The highest BCUT2D eigenvalue weighted by Crippen LogP contribution is 2.49. The van der Waals surface area contributed by atoms with E-state index in [9.17, 15) is 5.26 Å². The fourth-order valence-corrected chi connectivity index (χ4v) is 4.39. The summed E-state index contributed by atoms with van der Waals surface area (Å²) in [7, 11) is 1.62. The van der Waals surface area contributed by atoms with Crippen LogP contribution in [0.25, 0.3) is 22.0 Å². The van der Waals surface area contributed by atoms with E-state index in [4.69, 9.17) is 19.9 Å². The fraction of sp³-hybridized carbons (Fsp3) is 0.154. The Morgan fingerprint density at radius 1 is 1.09 bits per heavy atom. The summed E-state index contributed by atoms with van der Waals surface area (Å²) < 4.78 is 17.1. The van der Waals surface area contributed by atoms with Crippen LogP contribution >= 0.6 is 0 Å². The standard InChI is InChI=1S/C26H22N4O3/c1-3-32-17-11-8-16(9-12-17)24-23-22(19(14-27)25(28)33-26(23)30-29-24)21-18-7-5-4-6-15(18)10-13-20(21)31-2/h4-13,22H,3,28H2,1-2H3,(H,29,30). The molecule has 0 radical (unpaired) electrons. The van der Waals surface area contributed by atoms with Crippen LogP contribution in [0.1, 0.15) is 24.0 Å². The molecule has 0 fully saturated rings. The Hall–Kier alpha value is -4.44. The highest BCUT2D eigenvalue weighted by Gasteiger charge is 2.38. The smallest absolute Gasteiger partial charge is 0.244 e. The number of aromatic amines is 1. The molecule has 5 rings (SSSR count). The lowest BCUT2D eigenvalue weighted by molar-refractivity contribution is 0.340. The lowest BCUT2D eigenvalue weighted by Gasteiger charge is -2.26. The predicted octanol–water partition coefficient (Wildman–Crippen LogP) is 4.86. The molecular weight excluding hydrogens is 416 g/mol. The van der Waals surface area contributed by atoms with Crippen molar-refractivity contribution >= 4 is 10.8 Å². The number of nitrogens with two attached hydrogens (primary N) is 1. The van der Waals surface area contributed by atoms with Crippen molar-refractivity contribution in [3.05, 3.63) is 83.2 Å². The first-order valence-corrected chi connectivity index (χ1v) is 10.6. The summed E-state index contributed by atoms with van der Waals surface area (Å²) in [6.45, 7) is 2.53. The molecule has 0 saturated heterocycles. The summed E-state index contributed by atoms with van der Waals surface area (Å²) in [6.07, 6.45) is 0. The van der Waals surface area contributed by atoms with Gasteiger partial charge < -0.3 is 19.9 Å². The molecular formula is C26H22N4O3. The van der Waals surface area contributed by atoms with Crippen LogP contribution in [0.5, 0.6) is 17.4 Å². The number of nitrogens with zero attached hydrogens (tertiary/aromatic N) is 2. The predicted molar refractivity (Wildman–Crippen MR) is 125 cm³/mol. The average molecular weight is 438 g/mol. The first kappa shape index (κ1) is 20.5. The van der Waals surface area contributed by atoms with Crippen molar-refractivity contribution < 1.29 is 14.2 Å². The molecule has 3 aromatic carbocycles. The number of aromatic nitrogens is 2. The Bertz CT molecular complexity index is 1410. The van der Waals surface area contributed by atoms with Gasteiger partial charge in [0.2, 0.25) is 11.8 Å². The van der Waals surface area contributed by atoms with Gasteiger partial charge in [-0.3, -0.25) is 5.10 Å². The zero-order chi connectivity index (χ0) is 22.9. The number of allylic oxidation sites excluding steroid dienone is 1. The second-order valence-electron chi connectivity index (χ2n) is 7.60. The molecule has 1 atom stereocenters. The van der Waals surface area contributed by atoms with Crippen LogP contribution in [-0.4, -0.2) is 23.9 Å². The van der Waals surface area contributed by atoms with Crippen LogP contribution in [0, 0.1) is 11.3 Å². The van der Waals surface area contributed by atoms with Crippen LogP contribution in [-0.2, 0) is 0 Å². The SMILES string of the molecule is CCOc1ccc(-c2[nH]nc3c2C(c2c(OC)ccc4ccccc24)C(C#N)=C(N)O3)cc1. The van der Waals surface area contributed by atoms with E-state index < -0.39 is 5.92 Å². The molecule has 7 nitrogen and oxygen atoms in total. The molecule has 0 amide bonds. The molecule has 0 saturated carbocycles. The van der Waals surface area contributed by atoms with Gasteiger partial charge in [-0.05, 0) is 48.0 Å². The second-order valence-corrected chi connectivity index (χ2v) is 7.60. The highest BCUT2D eigenvalue weighted by atomic mass is 16.5. The van der Waals surface area contributed by atoms with Crippen molar-refractivity contribution in [2.75, 3.05) is 13.7 Å². The van der Waals surface area contributed by atoms with E-state index in [2.05, 4.69) is 16.3 Å². The number of hydrogen-bond donors (Lipinski definition) is 2. The van der Waals surface area contributed by atoms with Crippen molar-refractivity contribution in [1.29, 1.82) is 5.26 Å². The van der Waals surface area contributed by atoms with Gasteiger partial charge in [0.15, 0.2) is 0 Å². The molecule has 0 spiro atoms. The Balaban J connectivity index is 1.78. The van der Waals surface area contributed by atoms with Gasteiger partial charge in [-0.25, -0.2) is 0 Å². The zero-order valence-electron chi connectivity index (χ0n) is 18.3. The van der Waals surface area contributed by atoms with Gasteiger partial charge in [-0.2, -0.15) is 5.26 Å². The molecule has 1 aromatic heterocycles.